The fraction of sp³-hybridized carbons (Fsp3) is 0.480. The molecule has 0 spiro atoms. The summed E-state index contributed by atoms with van der Waals surface area (Å²) in [7, 11) is 0. The van der Waals surface area contributed by atoms with Gasteiger partial charge in [0.2, 0.25) is 11.7 Å². The molecule has 1 saturated heterocycles. The first-order chi connectivity index (χ1) is 15.3. The number of piperazine rings is 1. The third kappa shape index (κ3) is 5.06. The minimum absolute atomic E-state index is 0.296. The van der Waals surface area contributed by atoms with Crippen LogP contribution in [0.4, 0.5) is 11.4 Å². The average Bonchev–Trinajstić information content (AvgIpc) is 2.75. The van der Waals surface area contributed by atoms with E-state index in [1.165, 1.54) is 16.8 Å². The third-order valence-electron chi connectivity index (χ3n) is 6.53. The Morgan fingerprint density at radius 2 is 1.84 bits per heavy atom. The first-order valence-corrected chi connectivity index (χ1v) is 11.4. The highest BCUT2D eigenvalue weighted by Gasteiger charge is 2.36. The number of carbonyl (C=O) groups excluding carboxylic acids is 1. The lowest BCUT2D eigenvalue weighted by molar-refractivity contribution is -0.179. The first kappa shape index (κ1) is 22.6. The summed E-state index contributed by atoms with van der Waals surface area (Å²) >= 11 is 0. The van der Waals surface area contributed by atoms with Crippen LogP contribution in [0.2, 0.25) is 0 Å². The predicted octanol–water partition coefficient (Wildman–Crippen LogP) is 2.76. The van der Waals surface area contributed by atoms with Gasteiger partial charge in [-0.1, -0.05) is 12.1 Å². The van der Waals surface area contributed by atoms with Crippen LogP contribution in [0.25, 0.3) is 0 Å². The molecule has 0 aliphatic carbocycles. The number of unbranched alkanes of at least 4 members (excludes halogenated alkanes) is 1. The van der Waals surface area contributed by atoms with E-state index in [2.05, 4.69) is 47.2 Å². The second-order valence-corrected chi connectivity index (χ2v) is 8.85. The standard InChI is InChI=1S/C25H33N3O4/c1-18-6-5-7-23(19(18)2)28-13-11-27(12-14-28)10-3-4-15-32-20-8-9-21-22(16-20)26-24(29)17-25(21,30)31/h5-9,16,30-31H,3-4,10-15,17H2,1-2H3,(H,26,29). The number of rotatable bonds is 7. The van der Waals surface area contributed by atoms with E-state index in [1.54, 1.807) is 18.2 Å². The van der Waals surface area contributed by atoms with Crippen LogP contribution in [0, 0.1) is 13.8 Å². The number of fused-ring (bicyclic) bond motifs is 1. The Morgan fingerprint density at radius 3 is 2.62 bits per heavy atom. The van der Waals surface area contributed by atoms with Gasteiger partial charge in [-0.3, -0.25) is 9.69 Å². The highest BCUT2D eigenvalue weighted by atomic mass is 16.5. The number of anilines is 2. The largest absolute Gasteiger partial charge is 0.494 e. The Kier molecular flexibility index (Phi) is 6.69. The zero-order chi connectivity index (χ0) is 22.7. The van der Waals surface area contributed by atoms with Crippen LogP contribution in [-0.2, 0) is 10.6 Å². The van der Waals surface area contributed by atoms with Crippen molar-refractivity contribution in [3.05, 3.63) is 53.1 Å². The van der Waals surface area contributed by atoms with Gasteiger partial charge in [0.05, 0.1) is 18.7 Å². The first-order valence-electron chi connectivity index (χ1n) is 11.4. The average molecular weight is 440 g/mol. The summed E-state index contributed by atoms with van der Waals surface area (Å²) in [5, 5.41) is 22.7. The summed E-state index contributed by atoms with van der Waals surface area (Å²) in [5.74, 6) is -1.93. The van der Waals surface area contributed by atoms with Crippen molar-refractivity contribution in [2.75, 3.05) is 49.5 Å². The third-order valence-corrected chi connectivity index (χ3v) is 6.53. The van der Waals surface area contributed by atoms with Crippen LogP contribution >= 0.6 is 0 Å². The van der Waals surface area contributed by atoms with Crippen molar-refractivity contribution >= 4 is 17.3 Å². The van der Waals surface area contributed by atoms with Gasteiger partial charge < -0.3 is 25.2 Å². The molecule has 0 radical (unpaired) electrons. The van der Waals surface area contributed by atoms with Crippen molar-refractivity contribution in [3.63, 3.8) is 0 Å². The minimum atomic E-state index is -2.13. The van der Waals surface area contributed by atoms with Crippen molar-refractivity contribution in [2.24, 2.45) is 0 Å². The molecule has 0 saturated carbocycles. The van der Waals surface area contributed by atoms with Crippen LogP contribution in [0.1, 0.15) is 36.0 Å². The Balaban J connectivity index is 1.18. The SMILES string of the molecule is Cc1cccc(N2CCN(CCCCOc3ccc4c(c3)NC(=O)CC4(O)O)CC2)c1C. The molecule has 4 rings (SSSR count). The number of hydrogen-bond acceptors (Lipinski definition) is 6. The number of aryl methyl sites for hydroxylation is 1. The summed E-state index contributed by atoms with van der Waals surface area (Å²) in [5.41, 5.74) is 4.77. The van der Waals surface area contributed by atoms with Crippen molar-refractivity contribution in [1.29, 1.82) is 0 Å². The van der Waals surface area contributed by atoms with Crippen LogP contribution in [0.5, 0.6) is 5.75 Å². The van der Waals surface area contributed by atoms with Crippen molar-refractivity contribution in [2.45, 2.75) is 38.9 Å². The van der Waals surface area contributed by atoms with Crippen molar-refractivity contribution in [1.82, 2.24) is 4.90 Å². The van der Waals surface area contributed by atoms with Crippen molar-refractivity contribution < 1.29 is 19.7 Å². The van der Waals surface area contributed by atoms with Crippen LogP contribution in [0.3, 0.4) is 0 Å². The second-order valence-electron chi connectivity index (χ2n) is 8.85. The van der Waals surface area contributed by atoms with E-state index in [9.17, 15) is 15.0 Å². The van der Waals surface area contributed by atoms with Crippen LogP contribution in [0.15, 0.2) is 36.4 Å². The topological polar surface area (TPSA) is 85.3 Å². The Morgan fingerprint density at radius 1 is 1.06 bits per heavy atom. The minimum Gasteiger partial charge on any atom is -0.494 e. The smallest absolute Gasteiger partial charge is 0.230 e. The molecule has 2 aromatic carbocycles. The monoisotopic (exact) mass is 439 g/mol. The summed E-state index contributed by atoms with van der Waals surface area (Å²) < 4.78 is 5.82. The van der Waals surface area contributed by atoms with E-state index >= 15 is 0 Å². The van der Waals surface area contributed by atoms with E-state index in [1.807, 2.05) is 0 Å². The molecule has 1 fully saturated rings. The van der Waals surface area contributed by atoms with Crippen LogP contribution < -0.4 is 15.0 Å². The zero-order valence-electron chi connectivity index (χ0n) is 18.9. The second kappa shape index (κ2) is 9.48. The van der Waals surface area contributed by atoms with E-state index in [-0.39, 0.29) is 6.42 Å². The normalized spacial score (nSPS) is 18.2. The van der Waals surface area contributed by atoms with Gasteiger partial charge in [-0.05, 0) is 62.6 Å². The summed E-state index contributed by atoms with van der Waals surface area (Å²) in [6, 6.07) is 11.5. The van der Waals surface area contributed by atoms with Crippen molar-refractivity contribution in [3.8, 4) is 5.75 Å². The predicted molar refractivity (Wildman–Crippen MR) is 125 cm³/mol. The molecule has 2 aliphatic heterocycles. The molecule has 0 bridgehead atoms. The number of carbonyl (C=O) groups is 1. The maximum atomic E-state index is 11.7. The van der Waals surface area contributed by atoms with E-state index in [0.29, 0.717) is 23.6 Å². The molecule has 2 heterocycles. The van der Waals surface area contributed by atoms with Gasteiger partial charge in [0.25, 0.3) is 0 Å². The number of ether oxygens (including phenoxy) is 1. The highest BCUT2D eigenvalue weighted by Crippen LogP contribution is 2.36. The summed E-state index contributed by atoms with van der Waals surface area (Å²) in [6.45, 7) is 10.3. The van der Waals surface area contributed by atoms with Gasteiger partial charge in [-0.15, -0.1) is 0 Å². The lowest BCUT2D eigenvalue weighted by Gasteiger charge is -2.37. The Bertz CT molecular complexity index is 968. The van der Waals surface area contributed by atoms with Gasteiger partial charge in [0.15, 0.2) is 0 Å². The fourth-order valence-corrected chi connectivity index (χ4v) is 4.50. The van der Waals surface area contributed by atoms with Gasteiger partial charge in [-0.25, -0.2) is 0 Å². The summed E-state index contributed by atoms with van der Waals surface area (Å²) in [6.07, 6.45) is 1.63. The van der Waals surface area contributed by atoms with E-state index in [0.717, 1.165) is 45.6 Å². The van der Waals surface area contributed by atoms with Crippen LogP contribution in [-0.4, -0.2) is 60.4 Å². The zero-order valence-corrected chi connectivity index (χ0v) is 18.9. The number of amides is 1. The number of aliphatic hydroxyl groups is 2. The van der Waals surface area contributed by atoms with E-state index in [4.69, 9.17) is 4.74 Å². The molecule has 7 nitrogen and oxygen atoms in total. The molecule has 2 aromatic rings. The summed E-state index contributed by atoms with van der Waals surface area (Å²) in [4.78, 5) is 16.7. The molecule has 2 aliphatic rings. The lowest BCUT2D eigenvalue weighted by Crippen LogP contribution is -2.46. The Labute approximate surface area is 189 Å². The maximum Gasteiger partial charge on any atom is 0.230 e. The molecule has 0 aromatic heterocycles. The van der Waals surface area contributed by atoms with Gasteiger partial charge >= 0.3 is 0 Å². The number of benzene rings is 2. The molecule has 172 valence electrons. The van der Waals surface area contributed by atoms with E-state index < -0.39 is 11.7 Å². The number of nitrogens with zero attached hydrogens (tertiary/aromatic N) is 2. The molecule has 3 N–H and O–H groups in total. The quantitative estimate of drug-likeness (QED) is 0.454. The number of nitrogens with one attached hydrogen (secondary N) is 1. The molecule has 0 unspecified atom stereocenters. The molecule has 1 amide bonds. The molecule has 7 heteroatoms. The molecular weight excluding hydrogens is 406 g/mol. The molecular formula is C25H33N3O4. The molecule has 32 heavy (non-hydrogen) atoms. The lowest BCUT2D eigenvalue weighted by atomic mass is 9.96. The van der Waals surface area contributed by atoms with Gasteiger partial charge in [0.1, 0.15) is 5.75 Å². The van der Waals surface area contributed by atoms with Gasteiger partial charge in [0, 0.05) is 43.5 Å². The highest BCUT2D eigenvalue weighted by molar-refractivity contribution is 5.95. The van der Waals surface area contributed by atoms with Gasteiger partial charge in [-0.2, -0.15) is 0 Å². The Hall–Kier alpha value is -2.61. The fourth-order valence-electron chi connectivity index (χ4n) is 4.50. The maximum absolute atomic E-state index is 11.7. The number of hydrogen-bond donors (Lipinski definition) is 3. The molecule has 0 atom stereocenters.